The Morgan fingerprint density at radius 3 is 2.57 bits per heavy atom. The molecule has 0 atom stereocenters. The molecule has 1 heterocycles. The van der Waals surface area contributed by atoms with Crippen LogP contribution in [0.4, 0.5) is 13.2 Å². The van der Waals surface area contributed by atoms with Gasteiger partial charge in [-0.1, -0.05) is 11.6 Å². The van der Waals surface area contributed by atoms with Gasteiger partial charge in [0.1, 0.15) is 12.2 Å². The molecule has 0 spiro atoms. The van der Waals surface area contributed by atoms with Crippen LogP contribution in [-0.2, 0) is 6.42 Å². The molecule has 0 fully saturated rings. The first-order valence-corrected chi connectivity index (χ1v) is 3.92. The molecule has 0 radical (unpaired) electrons. The summed E-state index contributed by atoms with van der Waals surface area (Å²) in [4.78, 5) is 6.89. The minimum absolute atomic E-state index is 0.123. The maximum absolute atomic E-state index is 11.9. The van der Waals surface area contributed by atoms with Gasteiger partial charge in [-0.05, 0) is 0 Å². The minimum Gasteiger partial charge on any atom is -0.492 e. The van der Waals surface area contributed by atoms with Gasteiger partial charge in [0.25, 0.3) is 0 Å². The van der Waals surface area contributed by atoms with Crippen LogP contribution in [0.3, 0.4) is 0 Å². The van der Waals surface area contributed by atoms with Gasteiger partial charge in [-0.3, -0.25) is 0 Å². The highest BCUT2D eigenvalue weighted by atomic mass is 35.5. The SMILES string of the molecule is COc1cnc(CC(F)(F)F)nc1Cl. The van der Waals surface area contributed by atoms with Crippen LogP contribution in [0.1, 0.15) is 5.82 Å². The van der Waals surface area contributed by atoms with Crippen LogP contribution in [0, 0.1) is 0 Å². The van der Waals surface area contributed by atoms with Gasteiger partial charge in [0.15, 0.2) is 10.9 Å². The third-order valence-corrected chi connectivity index (χ3v) is 1.61. The Balaban J connectivity index is 2.87. The van der Waals surface area contributed by atoms with Crippen molar-refractivity contribution in [3.8, 4) is 5.75 Å². The molecule has 0 bridgehead atoms. The van der Waals surface area contributed by atoms with Gasteiger partial charge >= 0.3 is 6.18 Å². The molecule has 78 valence electrons. The standard InChI is InChI=1S/C7H6ClF3N2O/c1-14-4-3-12-5(13-6(4)8)2-7(9,10)11/h3H,2H2,1H3. The maximum Gasteiger partial charge on any atom is 0.396 e. The zero-order valence-electron chi connectivity index (χ0n) is 7.10. The highest BCUT2D eigenvalue weighted by molar-refractivity contribution is 6.30. The van der Waals surface area contributed by atoms with Crippen LogP contribution in [0.25, 0.3) is 0 Å². The third-order valence-electron chi connectivity index (χ3n) is 1.34. The third kappa shape index (κ3) is 3.02. The average Bonchev–Trinajstić information content (AvgIpc) is 2.01. The molecule has 0 aliphatic carbocycles. The lowest BCUT2D eigenvalue weighted by Gasteiger charge is -2.06. The second kappa shape index (κ2) is 4.00. The van der Waals surface area contributed by atoms with E-state index in [1.807, 2.05) is 0 Å². The summed E-state index contributed by atoms with van der Waals surface area (Å²) in [6.07, 6.45) is -4.43. The molecule has 0 saturated heterocycles. The minimum atomic E-state index is -4.34. The van der Waals surface area contributed by atoms with Gasteiger partial charge in [-0.25, -0.2) is 9.97 Å². The van der Waals surface area contributed by atoms with E-state index in [1.54, 1.807) is 0 Å². The zero-order chi connectivity index (χ0) is 10.8. The first-order chi connectivity index (χ1) is 6.42. The fraction of sp³-hybridized carbons (Fsp3) is 0.429. The van der Waals surface area contributed by atoms with E-state index >= 15 is 0 Å². The average molecular weight is 227 g/mol. The fourth-order valence-corrected chi connectivity index (χ4v) is 1.01. The summed E-state index contributed by atoms with van der Waals surface area (Å²) < 4.78 is 40.4. The summed E-state index contributed by atoms with van der Waals surface area (Å²) >= 11 is 5.51. The number of hydrogen-bond donors (Lipinski definition) is 0. The molecular weight excluding hydrogens is 221 g/mol. The van der Waals surface area contributed by atoms with E-state index in [0.29, 0.717) is 0 Å². The molecule has 0 aliphatic rings. The number of ether oxygens (including phenoxy) is 1. The number of hydrogen-bond acceptors (Lipinski definition) is 3. The number of nitrogens with zero attached hydrogens (tertiary/aromatic N) is 2. The molecule has 1 rings (SSSR count). The van der Waals surface area contributed by atoms with Crippen LogP contribution in [-0.4, -0.2) is 23.3 Å². The number of rotatable bonds is 2. The fourth-order valence-electron chi connectivity index (χ4n) is 0.785. The van der Waals surface area contributed by atoms with Gasteiger partial charge < -0.3 is 4.74 Å². The molecular formula is C7H6ClF3N2O. The topological polar surface area (TPSA) is 35.0 Å². The van der Waals surface area contributed by atoms with E-state index in [2.05, 4.69) is 9.97 Å². The van der Waals surface area contributed by atoms with E-state index < -0.39 is 12.6 Å². The predicted molar refractivity (Wildman–Crippen MR) is 43.4 cm³/mol. The molecule has 0 aromatic carbocycles. The number of halogens is 4. The first kappa shape index (κ1) is 11.0. The van der Waals surface area contributed by atoms with Crippen molar-refractivity contribution in [2.45, 2.75) is 12.6 Å². The van der Waals surface area contributed by atoms with Crippen molar-refractivity contribution in [2.24, 2.45) is 0 Å². The van der Waals surface area contributed by atoms with Gasteiger partial charge in [0.05, 0.1) is 13.3 Å². The molecule has 14 heavy (non-hydrogen) atoms. The first-order valence-electron chi connectivity index (χ1n) is 3.54. The Hall–Kier alpha value is -1.04. The molecule has 3 nitrogen and oxygen atoms in total. The quantitative estimate of drug-likeness (QED) is 0.726. The van der Waals surface area contributed by atoms with Crippen LogP contribution in [0.2, 0.25) is 5.15 Å². The van der Waals surface area contributed by atoms with Gasteiger partial charge in [0, 0.05) is 0 Å². The normalized spacial score (nSPS) is 11.5. The van der Waals surface area contributed by atoms with E-state index in [-0.39, 0.29) is 16.7 Å². The summed E-state index contributed by atoms with van der Waals surface area (Å²) in [6.45, 7) is 0. The lowest BCUT2D eigenvalue weighted by molar-refractivity contribution is -0.128. The summed E-state index contributed by atoms with van der Waals surface area (Å²) in [5.41, 5.74) is 0. The summed E-state index contributed by atoms with van der Waals surface area (Å²) in [5, 5.41) is -0.123. The van der Waals surface area contributed by atoms with Crippen LogP contribution in [0.15, 0.2) is 6.20 Å². The molecule has 0 amide bonds. The van der Waals surface area contributed by atoms with E-state index in [9.17, 15) is 13.2 Å². The molecule has 0 aliphatic heterocycles. The van der Waals surface area contributed by atoms with E-state index in [4.69, 9.17) is 16.3 Å². The maximum atomic E-state index is 11.9. The predicted octanol–water partition coefficient (Wildman–Crippen LogP) is 2.24. The Labute approximate surface area is 82.9 Å². The van der Waals surface area contributed by atoms with Crippen LogP contribution >= 0.6 is 11.6 Å². The monoisotopic (exact) mass is 226 g/mol. The smallest absolute Gasteiger partial charge is 0.396 e. The van der Waals surface area contributed by atoms with Crippen molar-refractivity contribution in [3.05, 3.63) is 17.2 Å². The van der Waals surface area contributed by atoms with Crippen molar-refractivity contribution in [1.29, 1.82) is 0 Å². The van der Waals surface area contributed by atoms with Crippen LogP contribution < -0.4 is 4.74 Å². The molecule has 0 N–H and O–H groups in total. The second-order valence-electron chi connectivity index (χ2n) is 2.44. The van der Waals surface area contributed by atoms with Gasteiger partial charge in [-0.2, -0.15) is 13.2 Å². The summed E-state index contributed by atoms with van der Waals surface area (Å²) in [6, 6.07) is 0. The summed E-state index contributed by atoms with van der Waals surface area (Å²) in [5.74, 6) is -0.221. The Kier molecular flexibility index (Phi) is 3.15. The van der Waals surface area contributed by atoms with Crippen LogP contribution in [0.5, 0.6) is 5.75 Å². The highest BCUT2D eigenvalue weighted by Gasteiger charge is 2.29. The Morgan fingerprint density at radius 1 is 1.50 bits per heavy atom. The van der Waals surface area contributed by atoms with Gasteiger partial charge in [-0.15, -0.1) is 0 Å². The Morgan fingerprint density at radius 2 is 2.14 bits per heavy atom. The largest absolute Gasteiger partial charge is 0.492 e. The van der Waals surface area contributed by atoms with Crippen molar-refractivity contribution in [1.82, 2.24) is 9.97 Å². The number of alkyl halides is 3. The van der Waals surface area contributed by atoms with Crippen molar-refractivity contribution in [2.75, 3.05) is 7.11 Å². The number of aromatic nitrogens is 2. The van der Waals surface area contributed by atoms with Crippen molar-refractivity contribution < 1.29 is 17.9 Å². The van der Waals surface area contributed by atoms with E-state index in [1.165, 1.54) is 7.11 Å². The van der Waals surface area contributed by atoms with Gasteiger partial charge in [0.2, 0.25) is 0 Å². The molecule has 1 aromatic heterocycles. The molecule has 7 heteroatoms. The van der Waals surface area contributed by atoms with E-state index in [0.717, 1.165) is 6.20 Å². The lowest BCUT2D eigenvalue weighted by Crippen LogP contribution is -2.14. The molecule has 0 unspecified atom stereocenters. The van der Waals surface area contributed by atoms with Crippen molar-refractivity contribution >= 4 is 11.6 Å². The zero-order valence-corrected chi connectivity index (χ0v) is 7.85. The summed E-state index contributed by atoms with van der Waals surface area (Å²) in [7, 11) is 1.33. The molecule has 1 aromatic rings. The van der Waals surface area contributed by atoms with Crippen molar-refractivity contribution in [3.63, 3.8) is 0 Å². The Bertz CT molecular complexity index is 329. The number of methoxy groups -OCH3 is 1. The highest BCUT2D eigenvalue weighted by Crippen LogP contribution is 2.23. The lowest BCUT2D eigenvalue weighted by atomic mass is 10.4. The molecule has 0 saturated carbocycles. The second-order valence-corrected chi connectivity index (χ2v) is 2.80.